The van der Waals surface area contributed by atoms with Crippen LogP contribution in [0.3, 0.4) is 0 Å². The van der Waals surface area contributed by atoms with Crippen LogP contribution in [0.2, 0.25) is 0 Å². The molecule has 6 aliphatic rings. The number of hydrogen-bond acceptors (Lipinski definition) is 11. The molecule has 2 heterocycles. The molecule has 0 aromatic heterocycles. The lowest BCUT2D eigenvalue weighted by Gasteiger charge is -2.46. The first-order chi connectivity index (χ1) is 16.9. The molecule has 0 aromatic carbocycles. The summed E-state index contributed by atoms with van der Waals surface area (Å²) < 4.78 is 17.5. The maximum absolute atomic E-state index is 13.5. The van der Waals surface area contributed by atoms with Crippen LogP contribution in [0.15, 0.2) is 24.3 Å². The lowest BCUT2D eigenvalue weighted by Crippen LogP contribution is -2.61. The first kappa shape index (κ1) is 24.5. The zero-order valence-electron chi connectivity index (χ0n) is 19.8. The first-order valence-corrected chi connectivity index (χ1v) is 12.4. The molecule has 5 N–H and O–H groups in total. The van der Waals surface area contributed by atoms with Gasteiger partial charge in [-0.15, -0.1) is 0 Å². The molecule has 6 rings (SSSR count). The van der Waals surface area contributed by atoms with Gasteiger partial charge in [-0.1, -0.05) is 12.7 Å². The second-order valence-electron chi connectivity index (χ2n) is 11.7. The molecule has 13 atom stereocenters. The fourth-order valence-electron chi connectivity index (χ4n) is 8.61. The fraction of sp³-hybridized carbons (Fsp3) is 0.760. The fourth-order valence-corrected chi connectivity index (χ4v) is 8.61. The van der Waals surface area contributed by atoms with E-state index >= 15 is 0 Å². The molecule has 2 saturated heterocycles. The predicted molar refractivity (Wildman–Crippen MR) is 115 cm³/mol. The average Bonchev–Trinajstić information content (AvgIpc) is 3.24. The Morgan fingerprint density at radius 1 is 1.28 bits per heavy atom. The number of carbonyl (C=O) groups is 2. The lowest BCUT2D eigenvalue weighted by atomic mass is 9.61. The first-order valence-electron chi connectivity index (χ1n) is 12.4. The van der Waals surface area contributed by atoms with Crippen LogP contribution in [0.5, 0.6) is 0 Å². The van der Waals surface area contributed by atoms with Gasteiger partial charge < -0.3 is 49.6 Å². The van der Waals surface area contributed by atoms with E-state index in [4.69, 9.17) is 14.2 Å². The highest BCUT2D eigenvalue weighted by molar-refractivity contribution is 5.86. The highest BCUT2D eigenvalue weighted by Crippen LogP contribution is 2.77. The zero-order valence-corrected chi connectivity index (χ0v) is 19.8. The van der Waals surface area contributed by atoms with Gasteiger partial charge >= 0.3 is 5.97 Å². The van der Waals surface area contributed by atoms with E-state index < -0.39 is 89.2 Å². The minimum absolute atomic E-state index is 0.195. The summed E-state index contributed by atoms with van der Waals surface area (Å²) in [5.41, 5.74) is -4.24. The Bertz CT molecular complexity index is 1060. The molecule has 0 aromatic rings. The highest BCUT2D eigenvalue weighted by atomic mass is 16.7. The smallest absolute Gasteiger partial charge is 0.316 e. The molecule has 5 fully saturated rings. The van der Waals surface area contributed by atoms with Gasteiger partial charge in [-0.25, -0.2) is 0 Å². The number of aliphatic carboxylic acids is 1. The Morgan fingerprint density at radius 3 is 2.67 bits per heavy atom. The Morgan fingerprint density at radius 2 is 2.00 bits per heavy atom. The van der Waals surface area contributed by atoms with E-state index in [1.807, 2.05) is 0 Å². The summed E-state index contributed by atoms with van der Waals surface area (Å²) in [6, 6.07) is 0. The van der Waals surface area contributed by atoms with Crippen LogP contribution in [0.1, 0.15) is 32.6 Å². The second kappa shape index (κ2) is 7.37. The highest BCUT2D eigenvalue weighted by Gasteiger charge is 2.82. The summed E-state index contributed by atoms with van der Waals surface area (Å²) in [5, 5.41) is 64.2. The molecule has 0 amide bonds. The summed E-state index contributed by atoms with van der Waals surface area (Å²) in [5.74, 6) is -4.40. The van der Waals surface area contributed by atoms with Crippen molar-refractivity contribution in [3.05, 3.63) is 24.3 Å². The number of aliphatic hydroxyl groups excluding tert-OH is 4. The van der Waals surface area contributed by atoms with Crippen LogP contribution in [0.25, 0.3) is 0 Å². The van der Waals surface area contributed by atoms with E-state index in [2.05, 4.69) is 6.58 Å². The molecule has 2 aliphatic heterocycles. The summed E-state index contributed by atoms with van der Waals surface area (Å²) in [6.45, 7) is 4.94. The van der Waals surface area contributed by atoms with Crippen LogP contribution in [-0.2, 0) is 23.8 Å². The van der Waals surface area contributed by atoms with Gasteiger partial charge in [0.25, 0.3) is 0 Å². The van der Waals surface area contributed by atoms with E-state index in [1.54, 1.807) is 19.1 Å². The number of hydrogen-bond donors (Lipinski definition) is 5. The third-order valence-electron chi connectivity index (χ3n) is 10.2. The zero-order chi connectivity index (χ0) is 26.0. The van der Waals surface area contributed by atoms with Gasteiger partial charge in [0.2, 0.25) is 0 Å². The van der Waals surface area contributed by atoms with Crippen molar-refractivity contribution in [3.8, 4) is 0 Å². The summed E-state index contributed by atoms with van der Waals surface area (Å²) in [4.78, 5) is 26.2. The number of ether oxygens (including phenoxy) is 3. The average molecular weight is 508 g/mol. The van der Waals surface area contributed by atoms with Gasteiger partial charge in [0, 0.05) is 23.7 Å². The molecule has 1 spiro atoms. The van der Waals surface area contributed by atoms with Gasteiger partial charge in [0.1, 0.15) is 35.4 Å². The van der Waals surface area contributed by atoms with Crippen molar-refractivity contribution in [1.29, 1.82) is 0 Å². The number of carboxylic acid groups (broad SMARTS) is 1. The maximum atomic E-state index is 13.5. The molecule has 11 nitrogen and oxygen atoms in total. The molecule has 0 unspecified atom stereocenters. The van der Waals surface area contributed by atoms with Gasteiger partial charge in [-0.3, -0.25) is 4.79 Å². The summed E-state index contributed by atoms with van der Waals surface area (Å²) >= 11 is 0. The molecule has 36 heavy (non-hydrogen) atoms. The van der Waals surface area contributed by atoms with Crippen LogP contribution in [0.4, 0.5) is 0 Å². The number of fused-ring (bicyclic) bond motifs is 1. The minimum atomic E-state index is -1.70. The third-order valence-corrected chi connectivity index (χ3v) is 10.2. The molecule has 4 bridgehead atoms. The number of esters is 1. The number of carboxylic acids is 1. The van der Waals surface area contributed by atoms with Gasteiger partial charge in [-0.05, 0) is 49.7 Å². The summed E-state index contributed by atoms with van der Waals surface area (Å²) in [7, 11) is 0. The van der Waals surface area contributed by atoms with E-state index in [9.17, 15) is 40.2 Å². The van der Waals surface area contributed by atoms with Crippen LogP contribution in [-0.4, -0.2) is 92.1 Å². The van der Waals surface area contributed by atoms with E-state index in [0.29, 0.717) is 18.4 Å². The summed E-state index contributed by atoms with van der Waals surface area (Å²) in [6.07, 6.45) is -4.23. The molecular weight excluding hydrogens is 476 g/mol. The Labute approximate surface area is 207 Å². The van der Waals surface area contributed by atoms with Crippen molar-refractivity contribution >= 4 is 11.9 Å². The number of aliphatic hydroxyl groups is 5. The Kier molecular flexibility index (Phi) is 5.01. The molecule has 4 aliphatic carbocycles. The monoisotopic (exact) mass is 507 g/mol. The van der Waals surface area contributed by atoms with E-state index in [1.165, 1.54) is 0 Å². The predicted octanol–water partition coefficient (Wildman–Crippen LogP) is -2.48. The number of rotatable bonds is 4. The van der Waals surface area contributed by atoms with Gasteiger partial charge in [0.15, 0.2) is 6.29 Å². The van der Waals surface area contributed by atoms with Crippen molar-refractivity contribution in [3.63, 3.8) is 0 Å². The minimum Gasteiger partial charge on any atom is -0.550 e. The van der Waals surface area contributed by atoms with E-state index in [0.717, 1.165) is 0 Å². The van der Waals surface area contributed by atoms with Crippen LogP contribution >= 0.6 is 0 Å². The molecular formula is C25H31O11-. The van der Waals surface area contributed by atoms with Crippen molar-refractivity contribution in [2.75, 3.05) is 6.61 Å². The van der Waals surface area contributed by atoms with Crippen molar-refractivity contribution in [2.24, 2.45) is 28.6 Å². The van der Waals surface area contributed by atoms with Gasteiger partial charge in [-0.2, -0.15) is 0 Å². The topological polar surface area (TPSA) is 186 Å². The maximum Gasteiger partial charge on any atom is 0.316 e. The van der Waals surface area contributed by atoms with Crippen molar-refractivity contribution < 1.29 is 54.4 Å². The number of carbonyl (C=O) groups excluding carboxylic acids is 2. The van der Waals surface area contributed by atoms with E-state index in [-0.39, 0.29) is 18.8 Å². The van der Waals surface area contributed by atoms with Gasteiger partial charge in [0.05, 0.1) is 18.3 Å². The standard InChI is InChI=1S/C25H32O11/c1-10-7-23-9-24(10,33)5-3-12(23)25-6-4-13(22(2,21(32)36-25)18(25)14(23)19(30)31)35-20-17(29)16(28)15(27)11(8-26)34-20/h4,6,11-18,20,26-29,33H,1,3,5,7-9H2,2H3,(H,30,31)/p-1/t11-,12-,13+,14-,15-,16+,17-,18-,20+,22-,23+,24+,25-/m1/s1. The Balaban J connectivity index is 1.41. The second-order valence-corrected chi connectivity index (χ2v) is 11.7. The normalized spacial score (nSPS) is 56.9. The van der Waals surface area contributed by atoms with Crippen molar-refractivity contribution in [1.82, 2.24) is 0 Å². The molecule has 0 radical (unpaired) electrons. The molecule has 198 valence electrons. The van der Waals surface area contributed by atoms with Crippen LogP contribution in [0, 0.1) is 28.6 Å². The largest absolute Gasteiger partial charge is 0.550 e. The molecule has 11 heteroatoms. The lowest BCUT2D eigenvalue weighted by molar-refractivity contribution is -0.322. The van der Waals surface area contributed by atoms with Crippen LogP contribution < -0.4 is 5.11 Å². The SMILES string of the molecule is C=C1C[C@]23C[C@@]1(O)CC[C@H]2[C@@]12C=C[C@H](O[C@@H]4O[C@H](CO)[C@@H](O)[C@H](O)[C@H]4O)[C@@](C)(C(=O)O1)[C@H]2[C@@H]3C(=O)[O-]. The Hall–Kier alpha value is -1.86. The van der Waals surface area contributed by atoms with Crippen molar-refractivity contribution in [2.45, 2.75) is 80.6 Å². The molecule has 3 saturated carbocycles. The quantitative estimate of drug-likeness (QED) is 0.200. The third kappa shape index (κ3) is 2.67.